The monoisotopic (exact) mass is 344 g/mol. The summed E-state index contributed by atoms with van der Waals surface area (Å²) in [5.74, 6) is 0. The molecule has 1 aromatic carbocycles. The Morgan fingerprint density at radius 2 is 1.87 bits per heavy atom. The predicted molar refractivity (Wildman–Crippen MR) is 73.8 cm³/mol. The minimum Gasteiger partial charge on any atom is -0.147 e. The van der Waals surface area contributed by atoms with Crippen molar-refractivity contribution >= 4 is 43.2 Å². The van der Waals surface area contributed by atoms with E-state index in [0.29, 0.717) is 4.83 Å². The van der Waals surface area contributed by atoms with Crippen LogP contribution in [-0.4, -0.2) is 0 Å². The Kier molecular flexibility index (Phi) is 4.00. The lowest BCUT2D eigenvalue weighted by Crippen LogP contribution is -1.93. The highest BCUT2D eigenvalue weighted by Gasteiger charge is 2.12. The summed E-state index contributed by atoms with van der Waals surface area (Å²) in [5.41, 5.74) is 1.36. The number of halogens is 2. The molecule has 0 radical (unpaired) electrons. The second-order valence-corrected chi connectivity index (χ2v) is 6.20. The molecule has 3 heteroatoms. The van der Waals surface area contributed by atoms with Crippen LogP contribution in [0.5, 0.6) is 0 Å². The molecule has 2 aromatic rings. The summed E-state index contributed by atoms with van der Waals surface area (Å²) in [6.07, 6.45) is 1.03. The molecule has 1 unspecified atom stereocenters. The van der Waals surface area contributed by atoms with Crippen molar-refractivity contribution in [2.45, 2.75) is 11.2 Å². The van der Waals surface area contributed by atoms with E-state index in [1.807, 2.05) is 6.07 Å². The molecule has 15 heavy (non-hydrogen) atoms. The van der Waals surface area contributed by atoms with Crippen LogP contribution in [-0.2, 0) is 6.42 Å². The molecule has 1 heterocycles. The van der Waals surface area contributed by atoms with Crippen molar-refractivity contribution < 1.29 is 0 Å². The molecule has 0 nitrogen and oxygen atoms in total. The van der Waals surface area contributed by atoms with Gasteiger partial charge in [-0.25, -0.2) is 0 Å². The Balaban J connectivity index is 2.11. The molecule has 0 amide bonds. The SMILES string of the molecule is Brc1ccsc1C(Br)Cc1ccccc1. The highest BCUT2D eigenvalue weighted by atomic mass is 79.9. The maximum Gasteiger partial charge on any atom is 0.0540 e. The van der Waals surface area contributed by atoms with Crippen LogP contribution in [0, 0.1) is 0 Å². The standard InChI is InChI=1S/C12H10Br2S/c13-10-6-7-15-12(10)11(14)8-9-4-2-1-3-5-9/h1-7,11H,8H2. The first-order valence-corrected chi connectivity index (χ1v) is 7.27. The molecule has 0 saturated carbocycles. The van der Waals surface area contributed by atoms with Gasteiger partial charge in [0.15, 0.2) is 0 Å². The van der Waals surface area contributed by atoms with E-state index in [4.69, 9.17) is 0 Å². The quantitative estimate of drug-likeness (QED) is 0.671. The topological polar surface area (TPSA) is 0 Å². The van der Waals surface area contributed by atoms with E-state index in [2.05, 4.69) is 67.6 Å². The third-order valence-electron chi connectivity index (χ3n) is 2.19. The van der Waals surface area contributed by atoms with Crippen LogP contribution in [0.2, 0.25) is 0 Å². The van der Waals surface area contributed by atoms with Gasteiger partial charge in [-0.2, -0.15) is 0 Å². The van der Waals surface area contributed by atoms with Gasteiger partial charge in [0.25, 0.3) is 0 Å². The van der Waals surface area contributed by atoms with Crippen molar-refractivity contribution in [2.75, 3.05) is 0 Å². The van der Waals surface area contributed by atoms with E-state index >= 15 is 0 Å². The molecule has 0 aliphatic rings. The Morgan fingerprint density at radius 1 is 1.13 bits per heavy atom. The van der Waals surface area contributed by atoms with Gasteiger partial charge < -0.3 is 0 Å². The van der Waals surface area contributed by atoms with Crippen molar-refractivity contribution in [3.05, 3.63) is 56.7 Å². The molecule has 0 fully saturated rings. The molecular formula is C12H10Br2S. The second kappa shape index (κ2) is 5.28. The van der Waals surface area contributed by atoms with Gasteiger partial charge in [0.2, 0.25) is 0 Å². The fourth-order valence-corrected chi connectivity index (χ4v) is 4.32. The van der Waals surface area contributed by atoms with Crippen LogP contribution >= 0.6 is 43.2 Å². The highest BCUT2D eigenvalue weighted by molar-refractivity contribution is 9.11. The van der Waals surface area contributed by atoms with E-state index < -0.39 is 0 Å². The lowest BCUT2D eigenvalue weighted by Gasteiger charge is -2.08. The number of hydrogen-bond donors (Lipinski definition) is 0. The van der Waals surface area contributed by atoms with E-state index in [9.17, 15) is 0 Å². The molecule has 78 valence electrons. The van der Waals surface area contributed by atoms with Gasteiger partial charge in [-0.15, -0.1) is 11.3 Å². The normalized spacial score (nSPS) is 12.7. The lowest BCUT2D eigenvalue weighted by molar-refractivity contribution is 0.965. The molecule has 0 bridgehead atoms. The van der Waals surface area contributed by atoms with Crippen molar-refractivity contribution in [1.29, 1.82) is 0 Å². The molecule has 0 aliphatic heterocycles. The number of alkyl halides is 1. The first-order valence-electron chi connectivity index (χ1n) is 4.68. The predicted octanol–water partition coefficient (Wildman–Crippen LogP) is 5.19. The Morgan fingerprint density at radius 3 is 2.47 bits per heavy atom. The summed E-state index contributed by atoms with van der Waals surface area (Å²) in [6, 6.07) is 12.6. The van der Waals surface area contributed by atoms with Gasteiger partial charge in [0, 0.05) is 9.35 Å². The van der Waals surface area contributed by atoms with Gasteiger partial charge in [0.1, 0.15) is 0 Å². The highest BCUT2D eigenvalue weighted by Crippen LogP contribution is 2.36. The largest absolute Gasteiger partial charge is 0.147 e. The van der Waals surface area contributed by atoms with Crippen molar-refractivity contribution in [3.8, 4) is 0 Å². The third kappa shape index (κ3) is 2.92. The molecule has 1 aromatic heterocycles. The zero-order chi connectivity index (χ0) is 10.7. The molecule has 0 spiro atoms. The number of hydrogen-bond acceptors (Lipinski definition) is 1. The first kappa shape index (κ1) is 11.4. The van der Waals surface area contributed by atoms with E-state index in [1.165, 1.54) is 14.9 Å². The fraction of sp³-hybridized carbons (Fsp3) is 0.167. The molecule has 0 aliphatic carbocycles. The minimum atomic E-state index is 0.397. The lowest BCUT2D eigenvalue weighted by atomic mass is 10.1. The van der Waals surface area contributed by atoms with E-state index in [-0.39, 0.29) is 0 Å². The summed E-state index contributed by atoms with van der Waals surface area (Å²) in [5, 5.41) is 2.11. The van der Waals surface area contributed by atoms with Crippen LogP contribution < -0.4 is 0 Å². The summed E-state index contributed by atoms with van der Waals surface area (Å²) < 4.78 is 1.20. The van der Waals surface area contributed by atoms with Gasteiger partial charge in [-0.05, 0) is 39.4 Å². The molecule has 0 N–H and O–H groups in total. The smallest absolute Gasteiger partial charge is 0.0540 e. The van der Waals surface area contributed by atoms with Crippen LogP contribution in [0.1, 0.15) is 15.3 Å². The first-order chi connectivity index (χ1) is 7.27. The van der Waals surface area contributed by atoms with Crippen LogP contribution in [0.25, 0.3) is 0 Å². The molecule has 0 saturated heterocycles. The third-order valence-corrected chi connectivity index (χ3v) is 5.26. The summed E-state index contributed by atoms with van der Waals surface area (Å²) in [7, 11) is 0. The molecule has 2 rings (SSSR count). The average molecular weight is 346 g/mol. The zero-order valence-electron chi connectivity index (χ0n) is 7.99. The number of benzene rings is 1. The van der Waals surface area contributed by atoms with Crippen molar-refractivity contribution in [3.63, 3.8) is 0 Å². The van der Waals surface area contributed by atoms with Gasteiger partial charge in [0.05, 0.1) is 4.83 Å². The van der Waals surface area contributed by atoms with Crippen LogP contribution in [0.3, 0.4) is 0 Å². The second-order valence-electron chi connectivity index (χ2n) is 3.29. The average Bonchev–Trinajstić information content (AvgIpc) is 2.66. The van der Waals surface area contributed by atoms with Crippen molar-refractivity contribution in [1.82, 2.24) is 0 Å². The number of rotatable bonds is 3. The zero-order valence-corrected chi connectivity index (χ0v) is 12.0. The van der Waals surface area contributed by atoms with Gasteiger partial charge >= 0.3 is 0 Å². The Bertz CT molecular complexity index is 422. The van der Waals surface area contributed by atoms with E-state index in [1.54, 1.807) is 11.3 Å². The summed E-state index contributed by atoms with van der Waals surface area (Å²) in [6.45, 7) is 0. The summed E-state index contributed by atoms with van der Waals surface area (Å²) >= 11 is 9.08. The Hall–Kier alpha value is -0.120. The maximum absolute atomic E-state index is 3.73. The van der Waals surface area contributed by atoms with Crippen LogP contribution in [0.15, 0.2) is 46.3 Å². The van der Waals surface area contributed by atoms with Crippen LogP contribution in [0.4, 0.5) is 0 Å². The van der Waals surface area contributed by atoms with Crippen molar-refractivity contribution in [2.24, 2.45) is 0 Å². The fourth-order valence-electron chi connectivity index (χ4n) is 1.44. The molecular weight excluding hydrogens is 336 g/mol. The molecule has 1 atom stereocenters. The van der Waals surface area contributed by atoms with Gasteiger partial charge in [-0.3, -0.25) is 0 Å². The number of thiophene rings is 1. The maximum atomic E-state index is 3.73. The van der Waals surface area contributed by atoms with Gasteiger partial charge in [-0.1, -0.05) is 46.3 Å². The van der Waals surface area contributed by atoms with E-state index in [0.717, 1.165) is 6.42 Å². The Labute approximate surface area is 111 Å². The minimum absolute atomic E-state index is 0.397. The summed E-state index contributed by atoms with van der Waals surface area (Å²) in [4.78, 5) is 1.76.